The van der Waals surface area contributed by atoms with Crippen LogP contribution in [0.2, 0.25) is 0 Å². The molecule has 6 heteroatoms. The molecule has 0 bridgehead atoms. The first-order valence-corrected chi connectivity index (χ1v) is 9.01. The lowest BCUT2D eigenvalue weighted by molar-refractivity contribution is 0.185. The van der Waals surface area contributed by atoms with Crippen LogP contribution in [0.5, 0.6) is 0 Å². The lowest BCUT2D eigenvalue weighted by Gasteiger charge is -2.17. The van der Waals surface area contributed by atoms with Crippen LogP contribution in [-0.2, 0) is 24.3 Å². The Labute approximate surface area is 172 Å². The van der Waals surface area contributed by atoms with Crippen LogP contribution in [0.15, 0.2) is 41.4 Å². The molecule has 1 heterocycles. The molecule has 2 N–H and O–H groups in total. The molecule has 0 radical (unpaired) electrons. The zero-order valence-electron chi connectivity index (χ0n) is 15.3. The Morgan fingerprint density at radius 1 is 1.16 bits per heavy atom. The van der Waals surface area contributed by atoms with E-state index in [1.54, 1.807) is 14.2 Å². The molecule has 25 heavy (non-hydrogen) atoms. The molecule has 0 fully saturated rings. The monoisotopic (exact) mass is 473 g/mol. The summed E-state index contributed by atoms with van der Waals surface area (Å²) in [6.07, 6.45) is 1.00. The zero-order chi connectivity index (χ0) is 17.4. The number of hydrogen-bond acceptors (Lipinski definition) is 3. The first kappa shape index (κ1) is 21.9. The summed E-state index contributed by atoms with van der Waals surface area (Å²) in [7, 11) is 3.52. The van der Waals surface area contributed by atoms with Gasteiger partial charge in [-0.05, 0) is 37.1 Å². The van der Waals surface area contributed by atoms with Gasteiger partial charge in [0, 0.05) is 42.9 Å². The van der Waals surface area contributed by atoms with Crippen LogP contribution in [0.25, 0.3) is 0 Å². The molecular formula is C19H28IN3OS. The molecular weight excluding hydrogens is 445 g/mol. The number of guanidine groups is 1. The number of halogens is 1. The van der Waals surface area contributed by atoms with Crippen molar-refractivity contribution in [3.8, 4) is 0 Å². The molecule has 1 unspecified atom stereocenters. The van der Waals surface area contributed by atoms with Crippen LogP contribution in [-0.4, -0.2) is 26.2 Å². The predicted octanol–water partition coefficient (Wildman–Crippen LogP) is 4.12. The molecule has 4 nitrogen and oxygen atoms in total. The second-order valence-electron chi connectivity index (χ2n) is 5.94. The molecule has 0 aliphatic carbocycles. The maximum atomic E-state index is 5.13. The number of aryl methyl sites for hydroxylation is 1. The molecule has 2 rings (SSSR count). The second kappa shape index (κ2) is 11.5. The maximum absolute atomic E-state index is 5.13. The molecule has 0 aliphatic rings. The molecule has 0 saturated carbocycles. The minimum Gasteiger partial charge on any atom is -0.380 e. The zero-order valence-corrected chi connectivity index (χ0v) is 18.5. The van der Waals surface area contributed by atoms with Crippen molar-refractivity contribution in [2.45, 2.75) is 39.5 Å². The Kier molecular flexibility index (Phi) is 10.1. The van der Waals surface area contributed by atoms with Gasteiger partial charge in [0.25, 0.3) is 0 Å². The topological polar surface area (TPSA) is 45.7 Å². The third kappa shape index (κ3) is 7.75. The van der Waals surface area contributed by atoms with Gasteiger partial charge in [0.15, 0.2) is 5.96 Å². The Balaban J connectivity index is 0.00000312. The smallest absolute Gasteiger partial charge is 0.191 e. The van der Waals surface area contributed by atoms with Gasteiger partial charge in [-0.25, -0.2) is 0 Å². The van der Waals surface area contributed by atoms with Gasteiger partial charge in [-0.3, -0.25) is 4.99 Å². The highest BCUT2D eigenvalue weighted by Gasteiger charge is 2.07. The highest BCUT2D eigenvalue weighted by molar-refractivity contribution is 14.0. The number of aliphatic imine (C=N–C) groups is 1. The lowest BCUT2D eigenvalue weighted by atomic mass is 10.1. The van der Waals surface area contributed by atoms with Gasteiger partial charge >= 0.3 is 0 Å². The summed E-state index contributed by atoms with van der Waals surface area (Å²) in [5.74, 6) is 0.830. The normalized spacial score (nSPS) is 12.4. The van der Waals surface area contributed by atoms with Crippen molar-refractivity contribution in [2.24, 2.45) is 4.99 Å². The first-order chi connectivity index (χ1) is 11.6. The molecule has 1 atom stereocenters. The van der Waals surface area contributed by atoms with Crippen LogP contribution < -0.4 is 10.6 Å². The lowest BCUT2D eigenvalue weighted by Crippen LogP contribution is -2.42. The van der Waals surface area contributed by atoms with Crippen molar-refractivity contribution in [3.05, 3.63) is 57.3 Å². The Hall–Kier alpha value is -1.12. The summed E-state index contributed by atoms with van der Waals surface area (Å²) in [6.45, 7) is 5.72. The minimum absolute atomic E-state index is 0. The van der Waals surface area contributed by atoms with Gasteiger partial charge in [0.05, 0.1) is 6.61 Å². The van der Waals surface area contributed by atoms with E-state index in [1.807, 2.05) is 11.3 Å². The average molecular weight is 473 g/mol. The average Bonchev–Trinajstić information content (AvgIpc) is 2.98. The van der Waals surface area contributed by atoms with E-state index in [0.717, 1.165) is 18.9 Å². The molecule has 0 amide bonds. The second-order valence-corrected chi connectivity index (χ2v) is 7.31. The number of nitrogens with zero attached hydrogens (tertiary/aromatic N) is 1. The van der Waals surface area contributed by atoms with Crippen LogP contribution in [0.1, 0.15) is 27.8 Å². The summed E-state index contributed by atoms with van der Waals surface area (Å²) in [5, 5.41) is 6.82. The third-order valence-electron chi connectivity index (χ3n) is 3.70. The van der Waals surface area contributed by atoms with Crippen molar-refractivity contribution in [1.29, 1.82) is 0 Å². The number of methoxy groups -OCH3 is 1. The molecule has 2 aromatic rings. The van der Waals surface area contributed by atoms with Gasteiger partial charge in [-0.15, -0.1) is 35.3 Å². The number of nitrogens with one attached hydrogen (secondary N) is 2. The molecule has 0 aliphatic heterocycles. The Morgan fingerprint density at radius 3 is 2.40 bits per heavy atom. The SMILES string of the molecule is CN=C(NCc1ccc(COC)cc1)NC(C)Cc1ccc(C)s1.I. The van der Waals surface area contributed by atoms with Crippen LogP contribution in [0.3, 0.4) is 0 Å². The van der Waals surface area contributed by atoms with E-state index in [9.17, 15) is 0 Å². The molecule has 1 aromatic carbocycles. The molecule has 0 saturated heterocycles. The van der Waals surface area contributed by atoms with E-state index >= 15 is 0 Å². The predicted molar refractivity (Wildman–Crippen MR) is 118 cm³/mol. The first-order valence-electron chi connectivity index (χ1n) is 8.20. The summed E-state index contributed by atoms with van der Waals surface area (Å²) in [5.41, 5.74) is 2.41. The maximum Gasteiger partial charge on any atom is 0.191 e. The summed E-state index contributed by atoms with van der Waals surface area (Å²) < 4.78 is 5.13. The van der Waals surface area contributed by atoms with E-state index in [4.69, 9.17) is 4.74 Å². The van der Waals surface area contributed by atoms with Crippen molar-refractivity contribution in [3.63, 3.8) is 0 Å². The van der Waals surface area contributed by atoms with E-state index in [2.05, 4.69) is 65.9 Å². The quantitative estimate of drug-likeness (QED) is 0.362. The number of ether oxygens (including phenoxy) is 1. The fourth-order valence-corrected chi connectivity index (χ4v) is 3.50. The Morgan fingerprint density at radius 2 is 1.84 bits per heavy atom. The summed E-state index contributed by atoms with van der Waals surface area (Å²) in [4.78, 5) is 7.07. The minimum atomic E-state index is 0. The standard InChI is InChI=1S/C19H27N3OS.HI/c1-14(11-18-10-5-15(2)24-18)22-19(20-3)21-12-16-6-8-17(9-7-16)13-23-4;/h5-10,14H,11-13H2,1-4H3,(H2,20,21,22);1H. The third-order valence-corrected chi connectivity index (χ3v) is 4.73. The fraction of sp³-hybridized carbons (Fsp3) is 0.421. The van der Waals surface area contributed by atoms with Gasteiger partial charge in [0.1, 0.15) is 0 Å². The highest BCUT2D eigenvalue weighted by Crippen LogP contribution is 2.16. The summed E-state index contributed by atoms with van der Waals surface area (Å²) >= 11 is 1.86. The number of hydrogen-bond donors (Lipinski definition) is 2. The number of thiophene rings is 1. The van der Waals surface area contributed by atoms with E-state index in [0.29, 0.717) is 12.6 Å². The largest absolute Gasteiger partial charge is 0.380 e. The van der Waals surface area contributed by atoms with Crippen LogP contribution in [0, 0.1) is 6.92 Å². The van der Waals surface area contributed by atoms with Crippen LogP contribution >= 0.6 is 35.3 Å². The van der Waals surface area contributed by atoms with Crippen molar-refractivity contribution < 1.29 is 4.74 Å². The highest BCUT2D eigenvalue weighted by atomic mass is 127. The van der Waals surface area contributed by atoms with E-state index in [-0.39, 0.29) is 24.0 Å². The van der Waals surface area contributed by atoms with Crippen LogP contribution in [0.4, 0.5) is 0 Å². The molecule has 0 spiro atoms. The van der Waals surface area contributed by atoms with Gasteiger partial charge in [0.2, 0.25) is 0 Å². The fourth-order valence-electron chi connectivity index (χ4n) is 2.48. The molecule has 1 aromatic heterocycles. The number of rotatable bonds is 7. The van der Waals surface area contributed by atoms with Gasteiger partial charge in [-0.2, -0.15) is 0 Å². The van der Waals surface area contributed by atoms with Crippen molar-refractivity contribution in [1.82, 2.24) is 10.6 Å². The van der Waals surface area contributed by atoms with Gasteiger partial charge < -0.3 is 15.4 Å². The number of benzene rings is 1. The van der Waals surface area contributed by atoms with E-state index in [1.165, 1.54) is 20.9 Å². The van der Waals surface area contributed by atoms with E-state index < -0.39 is 0 Å². The molecule has 138 valence electrons. The van der Waals surface area contributed by atoms with Crippen molar-refractivity contribution in [2.75, 3.05) is 14.2 Å². The Bertz CT molecular complexity index is 655. The summed E-state index contributed by atoms with van der Waals surface area (Å²) in [6, 6.07) is 13.1. The van der Waals surface area contributed by atoms with Gasteiger partial charge in [-0.1, -0.05) is 24.3 Å². The van der Waals surface area contributed by atoms with Crippen molar-refractivity contribution >= 4 is 41.3 Å².